The molecule has 0 aliphatic heterocycles. The Bertz CT molecular complexity index is 593. The van der Waals surface area contributed by atoms with Gasteiger partial charge in [0.05, 0.1) is 21.2 Å². The molecule has 0 bridgehead atoms. The van der Waals surface area contributed by atoms with Crippen LogP contribution in [-0.2, 0) is 6.56 Å². The van der Waals surface area contributed by atoms with Crippen LogP contribution >= 0.6 is 0 Å². The molecule has 0 aliphatic rings. The molecular formula is C12H14FN3O. The lowest BCUT2D eigenvalue weighted by molar-refractivity contribution is 0.282. The maximum atomic E-state index is 13.9. The topological polar surface area (TPSA) is 50.9 Å². The van der Waals surface area contributed by atoms with Crippen LogP contribution in [0, 0.1) is 5.82 Å². The van der Waals surface area contributed by atoms with Gasteiger partial charge < -0.3 is 5.11 Å². The molecule has 5 heteroatoms. The summed E-state index contributed by atoms with van der Waals surface area (Å²) in [5.41, 5.74) is 0.0403. The number of nitrogens with zero attached hydrogens (tertiary/aromatic N) is 3. The minimum atomic E-state index is -2.60. The second-order valence-electron chi connectivity index (χ2n) is 3.89. The van der Waals surface area contributed by atoms with Crippen molar-refractivity contribution in [3.8, 4) is 11.4 Å². The van der Waals surface area contributed by atoms with Crippen molar-refractivity contribution in [3.05, 3.63) is 35.9 Å². The lowest BCUT2D eigenvalue weighted by Crippen LogP contribution is -2.07. The van der Waals surface area contributed by atoms with E-state index in [4.69, 9.17) is 2.74 Å². The number of pyridine rings is 1. The first-order valence-electron chi connectivity index (χ1n) is 6.23. The molecule has 0 atom stereocenters. The molecule has 0 fully saturated rings. The van der Waals surface area contributed by atoms with E-state index in [9.17, 15) is 9.50 Å². The summed E-state index contributed by atoms with van der Waals surface area (Å²) in [6, 6.07) is 2.75. The van der Waals surface area contributed by atoms with Gasteiger partial charge in [0.2, 0.25) is 0 Å². The third kappa shape index (κ3) is 2.06. The van der Waals surface area contributed by atoms with Crippen LogP contribution in [0.3, 0.4) is 0 Å². The van der Waals surface area contributed by atoms with Crippen molar-refractivity contribution in [2.75, 3.05) is 0 Å². The van der Waals surface area contributed by atoms with Gasteiger partial charge in [-0.2, -0.15) is 5.10 Å². The Labute approximate surface area is 102 Å². The van der Waals surface area contributed by atoms with Crippen LogP contribution in [0.1, 0.15) is 28.2 Å². The summed E-state index contributed by atoms with van der Waals surface area (Å²) in [6.07, 6.45) is 2.47. The first kappa shape index (κ1) is 9.30. The third-order valence-electron chi connectivity index (χ3n) is 2.39. The van der Waals surface area contributed by atoms with Gasteiger partial charge in [-0.3, -0.25) is 9.67 Å². The zero-order chi connectivity index (χ0) is 14.2. The Kier molecular flexibility index (Phi) is 2.53. The highest BCUT2D eigenvalue weighted by molar-refractivity contribution is 5.59. The highest BCUT2D eigenvalue weighted by Gasteiger charge is 2.18. The molecule has 0 aromatic carbocycles. The second kappa shape index (κ2) is 4.63. The van der Waals surface area contributed by atoms with Crippen LogP contribution in [-0.4, -0.2) is 19.9 Å². The predicted octanol–water partition coefficient (Wildman–Crippen LogP) is 2.16. The smallest absolute Gasteiger partial charge is 0.170 e. The van der Waals surface area contributed by atoms with E-state index >= 15 is 0 Å². The van der Waals surface area contributed by atoms with Crippen molar-refractivity contribution in [2.24, 2.45) is 0 Å². The average molecular weight is 237 g/mol. The fraction of sp³-hybridized carbons (Fsp3) is 0.333. The van der Waals surface area contributed by atoms with Gasteiger partial charge in [-0.05, 0) is 19.9 Å². The summed E-state index contributed by atoms with van der Waals surface area (Å²) >= 11 is 0. The molecule has 2 aromatic heterocycles. The minimum Gasteiger partial charge on any atom is -0.392 e. The maximum absolute atomic E-state index is 13.9. The number of aliphatic hydroxyl groups is 1. The molecule has 0 spiro atoms. The minimum absolute atomic E-state index is 0.0544. The van der Waals surface area contributed by atoms with E-state index in [0.717, 1.165) is 6.20 Å². The molecule has 0 radical (unpaired) electrons. The zero-order valence-electron chi connectivity index (χ0n) is 11.6. The summed E-state index contributed by atoms with van der Waals surface area (Å²) in [6.45, 7) is 1.06. The van der Waals surface area contributed by atoms with Crippen molar-refractivity contribution in [3.63, 3.8) is 0 Å². The molecule has 2 rings (SSSR count). The van der Waals surface area contributed by atoms with Crippen LogP contribution in [0.4, 0.5) is 4.39 Å². The Hall–Kier alpha value is -1.75. The monoisotopic (exact) mass is 237 g/mol. The molecule has 0 amide bonds. The first-order chi connectivity index (χ1) is 8.82. The van der Waals surface area contributed by atoms with Gasteiger partial charge in [-0.25, -0.2) is 4.39 Å². The number of halogens is 1. The maximum Gasteiger partial charge on any atom is 0.170 e. The lowest BCUT2D eigenvalue weighted by Gasteiger charge is -2.12. The van der Waals surface area contributed by atoms with E-state index in [1.165, 1.54) is 23.0 Å². The van der Waals surface area contributed by atoms with Gasteiger partial charge in [-0.1, -0.05) is 6.07 Å². The van der Waals surface area contributed by atoms with Crippen LogP contribution < -0.4 is 0 Å². The zero-order valence-corrected chi connectivity index (χ0v) is 9.55. The molecular weight excluding hydrogens is 221 g/mol. The first-order valence-corrected chi connectivity index (χ1v) is 5.23. The third-order valence-corrected chi connectivity index (χ3v) is 2.39. The number of hydrogen-bond donors (Lipinski definition) is 1. The molecule has 1 N–H and O–H groups in total. The quantitative estimate of drug-likeness (QED) is 0.890. The van der Waals surface area contributed by atoms with E-state index in [1.807, 2.05) is 13.8 Å². The van der Waals surface area contributed by atoms with Crippen LogP contribution in [0.2, 0.25) is 0 Å². The van der Waals surface area contributed by atoms with Crippen LogP contribution in [0.15, 0.2) is 24.5 Å². The number of aromatic nitrogens is 3. The molecule has 90 valence electrons. The lowest BCUT2D eigenvalue weighted by atomic mass is 10.1. The number of rotatable bonds is 3. The molecule has 0 aliphatic carbocycles. The Balaban J connectivity index is 2.70. The van der Waals surface area contributed by atoms with Crippen LogP contribution in [0.5, 0.6) is 0 Å². The van der Waals surface area contributed by atoms with Gasteiger partial charge in [0.1, 0.15) is 5.69 Å². The molecule has 4 nitrogen and oxygen atoms in total. The van der Waals surface area contributed by atoms with Gasteiger partial charge >= 0.3 is 0 Å². The van der Waals surface area contributed by atoms with Gasteiger partial charge in [0.25, 0.3) is 0 Å². The van der Waals surface area contributed by atoms with Crippen molar-refractivity contribution in [1.29, 1.82) is 0 Å². The fourth-order valence-electron chi connectivity index (χ4n) is 1.64. The Morgan fingerprint density at radius 1 is 1.59 bits per heavy atom. The van der Waals surface area contributed by atoms with E-state index < -0.39 is 12.4 Å². The highest BCUT2D eigenvalue weighted by Crippen LogP contribution is 2.26. The fourth-order valence-corrected chi connectivity index (χ4v) is 1.64. The molecule has 0 saturated heterocycles. The van der Waals surface area contributed by atoms with Crippen molar-refractivity contribution in [1.82, 2.24) is 14.8 Å². The summed E-state index contributed by atoms with van der Waals surface area (Å²) in [5.74, 6) is -0.599. The van der Waals surface area contributed by atoms with Gasteiger partial charge in [-0.15, -0.1) is 0 Å². The SMILES string of the molecule is [2H]C([2H])(O)c1cccnc1-c1c(F)cnn1C(C)C. The normalized spacial score (nSPS) is 13.7. The summed E-state index contributed by atoms with van der Waals surface area (Å²) in [4.78, 5) is 3.99. The van der Waals surface area contributed by atoms with Gasteiger partial charge in [0, 0.05) is 17.8 Å². The predicted molar refractivity (Wildman–Crippen MR) is 61.7 cm³/mol. The number of hydrogen-bond acceptors (Lipinski definition) is 3. The summed E-state index contributed by atoms with van der Waals surface area (Å²) < 4.78 is 30.1. The molecule has 2 aromatic rings. The van der Waals surface area contributed by atoms with Gasteiger partial charge in [0.15, 0.2) is 5.82 Å². The molecule has 0 unspecified atom stereocenters. The standard InChI is InChI=1S/C12H14FN3O/c1-8(2)16-12(10(13)6-15-16)11-9(7-17)4-3-5-14-11/h3-6,8,17H,7H2,1-2H3/i7D2. The summed E-state index contributed by atoms with van der Waals surface area (Å²) in [5, 5.41) is 13.4. The molecule has 17 heavy (non-hydrogen) atoms. The van der Waals surface area contributed by atoms with Crippen molar-refractivity contribution >= 4 is 0 Å². The van der Waals surface area contributed by atoms with Crippen LogP contribution in [0.25, 0.3) is 11.4 Å². The molecule has 2 heterocycles. The van der Waals surface area contributed by atoms with Crippen molar-refractivity contribution < 1.29 is 12.2 Å². The second-order valence-corrected chi connectivity index (χ2v) is 3.89. The van der Waals surface area contributed by atoms with E-state index in [-0.39, 0.29) is 23.0 Å². The molecule has 0 saturated carbocycles. The summed E-state index contributed by atoms with van der Waals surface area (Å²) in [7, 11) is 0. The van der Waals surface area contributed by atoms with E-state index in [1.54, 1.807) is 0 Å². The average Bonchev–Trinajstić information content (AvgIpc) is 2.70. The van der Waals surface area contributed by atoms with Crippen molar-refractivity contribution in [2.45, 2.75) is 26.4 Å². The van der Waals surface area contributed by atoms with E-state index in [0.29, 0.717) is 0 Å². The Morgan fingerprint density at radius 3 is 3.00 bits per heavy atom. The van der Waals surface area contributed by atoms with E-state index in [2.05, 4.69) is 10.1 Å². The largest absolute Gasteiger partial charge is 0.392 e. The highest BCUT2D eigenvalue weighted by atomic mass is 19.1. The Morgan fingerprint density at radius 2 is 2.35 bits per heavy atom.